The van der Waals surface area contributed by atoms with Crippen LogP contribution >= 0.6 is 11.6 Å². The van der Waals surface area contributed by atoms with E-state index >= 15 is 0 Å². The molecule has 13 heteroatoms. The molecule has 0 aliphatic carbocycles. The van der Waals surface area contributed by atoms with E-state index in [1.54, 1.807) is 18.2 Å². The zero-order valence-corrected chi connectivity index (χ0v) is 28.0. The van der Waals surface area contributed by atoms with Crippen molar-refractivity contribution in [2.45, 2.75) is 102 Å². The zero-order valence-electron chi connectivity index (χ0n) is 26.5. The molecule has 1 atom stereocenters. The normalized spacial score (nSPS) is 16.8. The minimum atomic E-state index is -4.35. The van der Waals surface area contributed by atoms with Crippen LogP contribution in [0.1, 0.15) is 96.8 Å². The van der Waals surface area contributed by atoms with Gasteiger partial charge in [-0.1, -0.05) is 119 Å². The first-order valence-corrected chi connectivity index (χ1v) is 18.0. The molecule has 1 unspecified atom stereocenters. The van der Waals surface area contributed by atoms with Gasteiger partial charge in [-0.05, 0) is 12.5 Å². The number of hydrazine groups is 1. The molecule has 1 N–H and O–H groups in total. The van der Waals surface area contributed by atoms with E-state index in [2.05, 4.69) is 12.3 Å². The smallest absolute Gasteiger partial charge is 0.258 e. The van der Waals surface area contributed by atoms with Crippen LogP contribution in [0.25, 0.3) is 0 Å². The molecule has 45 heavy (non-hydrogen) atoms. The van der Waals surface area contributed by atoms with Gasteiger partial charge in [-0.25, -0.2) is 27.7 Å². The molecule has 1 aliphatic heterocycles. The van der Waals surface area contributed by atoms with E-state index in [0.717, 1.165) is 41.1 Å². The van der Waals surface area contributed by atoms with Crippen LogP contribution in [0, 0.1) is 10.1 Å². The van der Waals surface area contributed by atoms with Crippen molar-refractivity contribution in [1.29, 1.82) is 0 Å². The van der Waals surface area contributed by atoms with Crippen molar-refractivity contribution in [3.63, 3.8) is 0 Å². The van der Waals surface area contributed by atoms with Crippen LogP contribution in [0.5, 0.6) is 0 Å². The van der Waals surface area contributed by atoms with Gasteiger partial charge in [-0.3, -0.25) is 10.1 Å². The highest BCUT2D eigenvalue weighted by Crippen LogP contribution is 2.46. The van der Waals surface area contributed by atoms with E-state index in [1.807, 2.05) is 0 Å². The standard InChI is InChI=1S/C32H46ClN5O6S/c1-3-4-5-6-7-8-9-10-11-12-13-14-15-19-25-35(2)45(43,44)29-24-20-23-28(30(29)37(41)42)38(27-21-17-16-18-22-27)31(39)34-36(26-33)32(38)40/h16-18,20-24H,3-15,19,25-26H2,1-2H3/p+1. The molecule has 1 aliphatic rings. The van der Waals surface area contributed by atoms with Gasteiger partial charge in [0, 0.05) is 31.8 Å². The third kappa shape index (κ3) is 8.60. The number of nitro groups is 1. The minimum absolute atomic E-state index is 0.0982. The average Bonchev–Trinajstić information content (AvgIpc) is 3.30. The van der Waals surface area contributed by atoms with Crippen LogP contribution in [-0.2, 0) is 10.0 Å². The number of urea groups is 2. The van der Waals surface area contributed by atoms with Crippen molar-refractivity contribution in [2.75, 3.05) is 19.6 Å². The van der Waals surface area contributed by atoms with E-state index in [4.69, 9.17) is 11.6 Å². The third-order valence-electron chi connectivity index (χ3n) is 8.35. The van der Waals surface area contributed by atoms with Crippen molar-refractivity contribution in [3.05, 3.63) is 58.6 Å². The number of nitro benzene ring substituents is 1. The number of hydrogen-bond acceptors (Lipinski definition) is 6. The van der Waals surface area contributed by atoms with Gasteiger partial charge in [0.2, 0.25) is 15.7 Å². The number of imide groups is 1. The van der Waals surface area contributed by atoms with Crippen LogP contribution in [0.3, 0.4) is 0 Å². The summed E-state index contributed by atoms with van der Waals surface area (Å²) in [5.74, 6) is 0. The Morgan fingerprint density at radius 2 is 1.38 bits per heavy atom. The summed E-state index contributed by atoms with van der Waals surface area (Å²) in [4.78, 5) is 38.2. The fourth-order valence-electron chi connectivity index (χ4n) is 5.81. The predicted octanol–water partition coefficient (Wildman–Crippen LogP) is 8.59. The maximum absolute atomic E-state index is 13.7. The van der Waals surface area contributed by atoms with E-state index in [9.17, 15) is 28.1 Å². The molecule has 1 fully saturated rings. The first-order chi connectivity index (χ1) is 21.6. The monoisotopic (exact) mass is 664 g/mol. The molecule has 4 amide bonds. The Labute approximate surface area is 272 Å². The molecule has 0 radical (unpaired) electrons. The molecule has 2 aromatic carbocycles. The number of carbonyl (C=O) groups is 2. The number of carbonyl (C=O) groups excluding carboxylic acids is 2. The maximum atomic E-state index is 13.7. The van der Waals surface area contributed by atoms with Crippen LogP contribution < -0.4 is 9.91 Å². The van der Waals surface area contributed by atoms with Crippen molar-refractivity contribution in [2.24, 2.45) is 0 Å². The molecular formula is C32H47ClN5O6S+. The minimum Gasteiger partial charge on any atom is -0.258 e. The van der Waals surface area contributed by atoms with E-state index in [1.165, 1.54) is 89.1 Å². The van der Waals surface area contributed by atoms with E-state index < -0.39 is 53.8 Å². The molecular weight excluding hydrogens is 618 g/mol. The maximum Gasteiger partial charge on any atom is 0.458 e. The number of para-hydroxylation sites is 2. The second-order valence-electron chi connectivity index (χ2n) is 11.6. The highest BCUT2D eigenvalue weighted by molar-refractivity contribution is 7.89. The SMILES string of the molecule is CCCCCCCCCCCCCCCCN(C)S(=O)(=O)c1cccc([N+]2(c3ccccc3)C(=O)NN(CCl)C2=O)c1[N+](=O)[O-]. The Morgan fingerprint density at radius 3 is 1.87 bits per heavy atom. The number of hydrogen-bond donors (Lipinski definition) is 1. The average molecular weight is 665 g/mol. The number of benzene rings is 2. The second-order valence-corrected chi connectivity index (χ2v) is 13.8. The Hall–Kier alpha value is -3.06. The fourth-order valence-corrected chi connectivity index (χ4v) is 7.35. The molecule has 11 nitrogen and oxygen atoms in total. The van der Waals surface area contributed by atoms with Gasteiger partial charge >= 0.3 is 17.7 Å². The molecule has 1 saturated heterocycles. The van der Waals surface area contributed by atoms with Crippen molar-refractivity contribution in [3.8, 4) is 0 Å². The zero-order chi connectivity index (χ0) is 32.9. The number of rotatable bonds is 21. The molecule has 1 heterocycles. The molecule has 0 spiro atoms. The fraction of sp³-hybridized carbons (Fsp3) is 0.562. The van der Waals surface area contributed by atoms with E-state index in [-0.39, 0.29) is 12.2 Å². The summed E-state index contributed by atoms with van der Waals surface area (Å²) >= 11 is 5.89. The van der Waals surface area contributed by atoms with Crippen molar-refractivity contribution < 1.29 is 22.9 Å². The number of nitrogens with zero attached hydrogens (tertiary/aromatic N) is 4. The Bertz CT molecular complexity index is 1390. The lowest BCUT2D eigenvalue weighted by Crippen LogP contribution is -2.51. The van der Waals surface area contributed by atoms with Gasteiger partial charge in [0.15, 0.2) is 10.6 Å². The summed E-state index contributed by atoms with van der Waals surface area (Å²) < 4.78 is 27.3. The first-order valence-electron chi connectivity index (χ1n) is 16.0. The lowest BCUT2D eigenvalue weighted by molar-refractivity contribution is -0.387. The van der Waals surface area contributed by atoms with Gasteiger partial charge in [0.25, 0.3) is 0 Å². The van der Waals surface area contributed by atoms with Gasteiger partial charge in [-0.15, -0.1) is 11.6 Å². The van der Waals surface area contributed by atoms with E-state index in [0.29, 0.717) is 6.42 Å². The number of amides is 4. The Balaban J connectivity index is 1.67. The second kappa shape index (κ2) is 17.6. The van der Waals surface area contributed by atoms with Crippen LogP contribution in [0.2, 0.25) is 0 Å². The molecule has 0 saturated carbocycles. The quantitative estimate of drug-likeness (QED) is 0.0355. The number of nitrogens with one attached hydrogen (secondary N) is 1. The largest absolute Gasteiger partial charge is 0.458 e. The Morgan fingerprint density at radius 1 is 0.844 bits per heavy atom. The van der Waals surface area contributed by atoms with Gasteiger partial charge in [-0.2, -0.15) is 5.01 Å². The van der Waals surface area contributed by atoms with Gasteiger partial charge < -0.3 is 0 Å². The lowest BCUT2D eigenvalue weighted by Gasteiger charge is -2.26. The summed E-state index contributed by atoms with van der Waals surface area (Å²) in [6.45, 7) is 2.41. The highest BCUT2D eigenvalue weighted by atomic mass is 35.5. The number of sulfonamides is 1. The topological polar surface area (TPSA) is 130 Å². The molecule has 248 valence electrons. The number of quaternary nitrogens is 1. The molecule has 2 aromatic rings. The summed E-state index contributed by atoms with van der Waals surface area (Å²) in [6, 6.07) is 9.22. The summed E-state index contributed by atoms with van der Waals surface area (Å²) in [7, 11) is -2.96. The van der Waals surface area contributed by atoms with Crippen LogP contribution in [0.15, 0.2) is 53.4 Å². The summed E-state index contributed by atoms with van der Waals surface area (Å²) in [5.41, 5.74) is 1.22. The van der Waals surface area contributed by atoms with Crippen LogP contribution in [0.4, 0.5) is 26.7 Å². The first kappa shape index (κ1) is 36.4. The highest BCUT2D eigenvalue weighted by Gasteiger charge is 2.62. The summed E-state index contributed by atoms with van der Waals surface area (Å²) in [6.07, 6.45) is 16.4. The van der Waals surface area contributed by atoms with Crippen molar-refractivity contribution in [1.82, 2.24) is 19.2 Å². The summed E-state index contributed by atoms with van der Waals surface area (Å²) in [5, 5.41) is 13.4. The van der Waals surface area contributed by atoms with Crippen LogP contribution in [-0.4, -0.2) is 54.3 Å². The molecule has 3 rings (SSSR count). The van der Waals surface area contributed by atoms with Crippen molar-refractivity contribution >= 4 is 50.7 Å². The number of halogens is 1. The lowest BCUT2D eigenvalue weighted by atomic mass is 10.0. The Kier molecular flexibility index (Phi) is 14.2. The number of unbranched alkanes of at least 4 members (excludes halogenated alkanes) is 13. The number of alkyl halides is 1. The molecule has 0 aromatic heterocycles. The van der Waals surface area contributed by atoms with Gasteiger partial charge in [0.05, 0.1) is 4.92 Å². The predicted molar refractivity (Wildman–Crippen MR) is 178 cm³/mol. The molecule has 0 bridgehead atoms. The third-order valence-corrected chi connectivity index (χ3v) is 10.5. The van der Waals surface area contributed by atoms with Gasteiger partial charge in [0.1, 0.15) is 6.00 Å².